The molecule has 9 heteroatoms. The largest absolute Gasteiger partial charge is 1.00 e. The van der Waals surface area contributed by atoms with Crippen molar-refractivity contribution in [3.8, 4) is 0 Å². The first kappa shape index (κ1) is 31.7. The van der Waals surface area contributed by atoms with Crippen LogP contribution in [0.2, 0.25) is 0 Å². The Labute approximate surface area is 199 Å². The molecule has 0 aromatic carbocycles. The fourth-order valence-electron chi connectivity index (χ4n) is 2.81. The summed E-state index contributed by atoms with van der Waals surface area (Å²) in [6, 6.07) is 0. The summed E-state index contributed by atoms with van der Waals surface area (Å²) in [5.74, 6) is -0.514. The first-order chi connectivity index (χ1) is 13.4. The van der Waals surface area contributed by atoms with Gasteiger partial charge in [-0.2, -0.15) is 0 Å². The molecule has 1 N–H and O–H groups in total. The maximum Gasteiger partial charge on any atom is 1.00 e. The number of carbonyl (C=O) groups is 1. The molecule has 1 amide bonds. The molecule has 0 aliphatic heterocycles. The Hall–Kier alpha value is 0.540. The van der Waals surface area contributed by atoms with Gasteiger partial charge in [0.15, 0.2) is 0 Å². The van der Waals surface area contributed by atoms with Crippen molar-refractivity contribution in [2.45, 2.75) is 90.4 Å². The number of hydrogen-bond acceptors (Lipinski definition) is 6. The molecule has 0 rings (SSSR count). The summed E-state index contributed by atoms with van der Waals surface area (Å²) >= 11 is 0. The third-order valence-corrected chi connectivity index (χ3v) is 5.99. The number of hydroxylamine groups is 2. The van der Waals surface area contributed by atoms with Crippen LogP contribution in [0.4, 0.5) is 0 Å². The van der Waals surface area contributed by atoms with Gasteiger partial charge in [0.2, 0.25) is 5.91 Å². The average molecular weight is 446 g/mol. The fraction of sp³-hybridized carbons (Fsp3) is 0.950. The van der Waals surface area contributed by atoms with Crippen molar-refractivity contribution in [1.82, 2.24) is 5.06 Å². The van der Waals surface area contributed by atoms with E-state index in [1.165, 1.54) is 64.8 Å². The Balaban J connectivity index is 0. The molecule has 0 aliphatic rings. The monoisotopic (exact) mass is 445 g/mol. The molecule has 0 saturated heterocycles. The molecule has 0 bridgehead atoms. The van der Waals surface area contributed by atoms with E-state index in [2.05, 4.69) is 6.92 Å². The number of amides is 1. The Kier molecular flexibility index (Phi) is 23.8. The Bertz CT molecular complexity index is 426. The van der Waals surface area contributed by atoms with Crippen LogP contribution in [0.15, 0.2) is 0 Å². The molecule has 0 saturated carbocycles. The second-order valence-electron chi connectivity index (χ2n) is 7.34. The van der Waals surface area contributed by atoms with Crippen LogP contribution in [0.25, 0.3) is 0 Å². The van der Waals surface area contributed by atoms with Crippen LogP contribution in [-0.4, -0.2) is 49.2 Å². The summed E-state index contributed by atoms with van der Waals surface area (Å²) in [5, 5.41) is 9.35. The molecule has 7 nitrogen and oxygen atoms in total. The quantitative estimate of drug-likeness (QED) is 0.100. The van der Waals surface area contributed by atoms with Crippen LogP contribution in [-0.2, 0) is 18.6 Å². The standard InChI is InChI=1S/C20H42NO6P.Na/c1-3-4-5-6-7-8-9-10-11-12-16-26-17-14-18-27-28(24,25)19-13-15-20(22)21(2)23;/h23H,3-19H2,1-2H3,(H,24,25);/q;+1/p-1. The van der Waals surface area contributed by atoms with Gasteiger partial charge in [0.25, 0.3) is 0 Å². The summed E-state index contributed by atoms with van der Waals surface area (Å²) in [4.78, 5) is 22.9. The minimum Gasteiger partial charge on any atom is -0.778 e. The zero-order valence-corrected chi connectivity index (χ0v) is 21.8. The number of rotatable bonds is 20. The Morgan fingerprint density at radius 2 is 1.41 bits per heavy atom. The van der Waals surface area contributed by atoms with Crippen LogP contribution < -0.4 is 34.5 Å². The Morgan fingerprint density at radius 1 is 0.897 bits per heavy atom. The number of carbonyl (C=O) groups excluding carboxylic acids is 1. The SMILES string of the molecule is CCCCCCCCCCCCOCCCOP(=O)([O-])CCCC(=O)N(C)O.[Na+]. The van der Waals surface area contributed by atoms with Gasteiger partial charge in [-0.05, 0) is 19.3 Å². The van der Waals surface area contributed by atoms with E-state index in [0.717, 1.165) is 6.42 Å². The molecule has 0 radical (unpaired) electrons. The van der Waals surface area contributed by atoms with Gasteiger partial charge >= 0.3 is 29.6 Å². The number of ether oxygens (including phenoxy) is 1. The predicted octanol–water partition coefficient (Wildman–Crippen LogP) is 1.52. The maximum absolute atomic E-state index is 11.7. The van der Waals surface area contributed by atoms with Crippen molar-refractivity contribution >= 4 is 13.5 Å². The van der Waals surface area contributed by atoms with Crippen molar-refractivity contribution < 1.29 is 58.3 Å². The van der Waals surface area contributed by atoms with E-state index in [9.17, 15) is 14.3 Å². The first-order valence-electron chi connectivity index (χ1n) is 10.9. The van der Waals surface area contributed by atoms with Gasteiger partial charge in [0.05, 0.1) is 6.61 Å². The summed E-state index contributed by atoms with van der Waals surface area (Å²) in [5.41, 5.74) is 0. The van der Waals surface area contributed by atoms with Gasteiger partial charge in [0, 0.05) is 32.8 Å². The molecule has 1 unspecified atom stereocenters. The second kappa shape index (κ2) is 21.8. The molecule has 0 spiro atoms. The number of unbranched alkanes of at least 4 members (excludes halogenated alkanes) is 9. The van der Waals surface area contributed by atoms with Gasteiger partial charge in [-0.1, -0.05) is 64.7 Å². The molecule has 0 aromatic rings. The first-order valence-corrected chi connectivity index (χ1v) is 12.6. The summed E-state index contributed by atoms with van der Waals surface area (Å²) in [7, 11) is -2.71. The normalized spacial score (nSPS) is 13.0. The topological polar surface area (TPSA) is 99.1 Å². The van der Waals surface area contributed by atoms with Crippen LogP contribution in [0.5, 0.6) is 0 Å². The zero-order valence-electron chi connectivity index (χ0n) is 18.9. The molecule has 0 heterocycles. The predicted molar refractivity (Wildman–Crippen MR) is 109 cm³/mol. The molecule has 29 heavy (non-hydrogen) atoms. The third-order valence-electron chi connectivity index (χ3n) is 4.55. The smallest absolute Gasteiger partial charge is 0.778 e. The molecule has 0 aromatic heterocycles. The van der Waals surface area contributed by atoms with Crippen LogP contribution in [0.1, 0.15) is 90.4 Å². The van der Waals surface area contributed by atoms with Crippen molar-refractivity contribution in [2.24, 2.45) is 0 Å². The van der Waals surface area contributed by atoms with Crippen molar-refractivity contribution in [2.75, 3.05) is 33.0 Å². The van der Waals surface area contributed by atoms with Gasteiger partial charge in [-0.15, -0.1) is 0 Å². The average Bonchev–Trinajstić information content (AvgIpc) is 2.64. The summed E-state index contributed by atoms with van der Waals surface area (Å²) < 4.78 is 22.1. The maximum atomic E-state index is 11.7. The van der Waals surface area contributed by atoms with Gasteiger partial charge in [0.1, 0.15) is 7.60 Å². The van der Waals surface area contributed by atoms with E-state index >= 15 is 0 Å². The van der Waals surface area contributed by atoms with E-state index in [4.69, 9.17) is 14.5 Å². The van der Waals surface area contributed by atoms with E-state index in [1.54, 1.807) is 0 Å². The zero-order chi connectivity index (χ0) is 21.1. The van der Waals surface area contributed by atoms with Crippen LogP contribution in [0, 0.1) is 0 Å². The van der Waals surface area contributed by atoms with Crippen LogP contribution in [0.3, 0.4) is 0 Å². The molecule has 1 atom stereocenters. The number of nitrogens with zero attached hydrogens (tertiary/aromatic N) is 1. The molecule has 0 aliphatic carbocycles. The Morgan fingerprint density at radius 3 is 1.97 bits per heavy atom. The minimum atomic E-state index is -3.92. The molecule has 168 valence electrons. The van der Waals surface area contributed by atoms with Gasteiger partial charge in [-0.3, -0.25) is 10.0 Å². The van der Waals surface area contributed by atoms with E-state index in [1.807, 2.05) is 0 Å². The van der Waals surface area contributed by atoms with Crippen LogP contribution >= 0.6 is 7.60 Å². The van der Waals surface area contributed by atoms with E-state index < -0.39 is 13.5 Å². The second-order valence-corrected chi connectivity index (χ2v) is 9.26. The van der Waals surface area contributed by atoms with E-state index in [-0.39, 0.29) is 55.2 Å². The van der Waals surface area contributed by atoms with Crippen molar-refractivity contribution in [3.05, 3.63) is 0 Å². The molecule has 0 fully saturated rings. The summed E-state index contributed by atoms with van der Waals surface area (Å²) in [6.45, 7) is 3.54. The van der Waals surface area contributed by atoms with Crippen molar-refractivity contribution in [1.29, 1.82) is 0 Å². The third kappa shape index (κ3) is 23.0. The molecular weight excluding hydrogens is 404 g/mol. The summed E-state index contributed by atoms with van der Waals surface area (Å²) in [6.07, 6.45) is 13.3. The van der Waals surface area contributed by atoms with Gasteiger partial charge < -0.3 is 18.7 Å². The van der Waals surface area contributed by atoms with E-state index in [0.29, 0.717) is 24.7 Å². The van der Waals surface area contributed by atoms with Crippen molar-refractivity contribution in [3.63, 3.8) is 0 Å². The molecular formula is C20H41NNaO6P. The minimum absolute atomic E-state index is 0. The van der Waals surface area contributed by atoms with Gasteiger partial charge in [-0.25, -0.2) is 5.06 Å². The fourth-order valence-corrected chi connectivity index (χ4v) is 3.89. The number of hydrogen-bond donors (Lipinski definition) is 1.